The Morgan fingerprint density at radius 2 is 2.19 bits per heavy atom. The SMILES string of the molecule is C/C=C/COc1ccc(C)c2c1C(=O)C1(C)CCCCC21. The van der Waals surface area contributed by atoms with E-state index in [4.69, 9.17) is 4.74 Å². The molecule has 2 aliphatic rings. The number of rotatable bonds is 3. The molecule has 0 heterocycles. The van der Waals surface area contributed by atoms with E-state index in [1.54, 1.807) is 0 Å². The second kappa shape index (κ2) is 5.32. The number of ether oxygens (including phenoxy) is 1. The third kappa shape index (κ3) is 2.12. The molecule has 0 amide bonds. The molecule has 2 heteroatoms. The van der Waals surface area contributed by atoms with Crippen LogP contribution in [0.2, 0.25) is 0 Å². The highest BCUT2D eigenvalue weighted by Crippen LogP contribution is 2.57. The molecule has 2 unspecified atom stereocenters. The van der Waals surface area contributed by atoms with Crippen molar-refractivity contribution in [3.05, 3.63) is 41.0 Å². The summed E-state index contributed by atoms with van der Waals surface area (Å²) in [5.41, 5.74) is 3.17. The van der Waals surface area contributed by atoms with Crippen LogP contribution in [0.1, 0.15) is 66.9 Å². The lowest BCUT2D eigenvalue weighted by molar-refractivity contribution is 0.0745. The Kier molecular flexibility index (Phi) is 3.64. The highest BCUT2D eigenvalue weighted by atomic mass is 16.5. The standard InChI is InChI=1S/C19H24O2/c1-4-5-12-21-15-10-9-13(2)16-14-8-6-7-11-19(14,3)18(20)17(15)16/h4-5,9-10,14H,6-8,11-12H2,1-3H3/b5-4+. The van der Waals surface area contributed by atoms with Crippen LogP contribution in [-0.2, 0) is 0 Å². The second-order valence-electron chi connectivity index (χ2n) is 6.59. The van der Waals surface area contributed by atoms with E-state index in [0.29, 0.717) is 18.3 Å². The topological polar surface area (TPSA) is 26.3 Å². The predicted octanol–water partition coefficient (Wildman–Crippen LogP) is 4.81. The van der Waals surface area contributed by atoms with E-state index in [2.05, 4.69) is 19.9 Å². The van der Waals surface area contributed by atoms with Gasteiger partial charge < -0.3 is 4.74 Å². The lowest BCUT2D eigenvalue weighted by Crippen LogP contribution is -2.31. The number of benzene rings is 1. The molecule has 1 aromatic rings. The maximum Gasteiger partial charge on any atom is 0.173 e. The Morgan fingerprint density at radius 3 is 2.95 bits per heavy atom. The van der Waals surface area contributed by atoms with Gasteiger partial charge in [0.25, 0.3) is 0 Å². The van der Waals surface area contributed by atoms with Gasteiger partial charge in [0.05, 0.1) is 5.56 Å². The molecule has 0 spiro atoms. The molecule has 3 rings (SSSR count). The van der Waals surface area contributed by atoms with Crippen LogP contribution < -0.4 is 4.74 Å². The average molecular weight is 284 g/mol. The molecule has 1 saturated carbocycles. The molecule has 21 heavy (non-hydrogen) atoms. The maximum absolute atomic E-state index is 13.1. The van der Waals surface area contributed by atoms with Gasteiger partial charge in [-0.15, -0.1) is 0 Å². The third-order valence-electron chi connectivity index (χ3n) is 5.30. The van der Waals surface area contributed by atoms with E-state index in [1.807, 2.05) is 25.1 Å². The van der Waals surface area contributed by atoms with Gasteiger partial charge in [-0.3, -0.25) is 4.79 Å². The largest absolute Gasteiger partial charge is 0.489 e. The molecule has 1 aromatic carbocycles. The van der Waals surface area contributed by atoms with Crippen molar-refractivity contribution in [2.45, 2.75) is 52.4 Å². The first-order valence-electron chi connectivity index (χ1n) is 8.02. The van der Waals surface area contributed by atoms with Gasteiger partial charge in [0.1, 0.15) is 12.4 Å². The van der Waals surface area contributed by atoms with Gasteiger partial charge in [0.2, 0.25) is 0 Å². The number of hydrogen-bond acceptors (Lipinski definition) is 2. The minimum atomic E-state index is -0.203. The Labute approximate surface area is 127 Å². The third-order valence-corrected chi connectivity index (χ3v) is 5.30. The van der Waals surface area contributed by atoms with Crippen molar-refractivity contribution >= 4 is 5.78 Å². The Morgan fingerprint density at radius 1 is 1.38 bits per heavy atom. The van der Waals surface area contributed by atoms with E-state index in [-0.39, 0.29) is 5.41 Å². The van der Waals surface area contributed by atoms with Crippen LogP contribution in [0, 0.1) is 12.3 Å². The summed E-state index contributed by atoms with van der Waals surface area (Å²) >= 11 is 0. The Balaban J connectivity index is 2.07. The first-order valence-corrected chi connectivity index (χ1v) is 8.02. The zero-order chi connectivity index (χ0) is 15.0. The first kappa shape index (κ1) is 14.4. The molecule has 0 radical (unpaired) electrons. The van der Waals surface area contributed by atoms with E-state index >= 15 is 0 Å². The molecule has 0 aromatic heterocycles. The minimum Gasteiger partial charge on any atom is -0.489 e. The molecule has 0 bridgehead atoms. The number of aryl methyl sites for hydroxylation is 1. The van der Waals surface area contributed by atoms with E-state index in [1.165, 1.54) is 24.0 Å². The second-order valence-corrected chi connectivity index (χ2v) is 6.59. The van der Waals surface area contributed by atoms with Gasteiger partial charge in [-0.1, -0.05) is 38.0 Å². The summed E-state index contributed by atoms with van der Waals surface area (Å²) in [6.45, 7) is 6.79. The number of ketones is 1. The van der Waals surface area contributed by atoms with Gasteiger partial charge in [-0.2, -0.15) is 0 Å². The first-order chi connectivity index (χ1) is 10.1. The molecule has 2 atom stereocenters. The highest BCUT2D eigenvalue weighted by molar-refractivity contribution is 6.08. The van der Waals surface area contributed by atoms with E-state index in [0.717, 1.165) is 24.2 Å². The number of carbonyl (C=O) groups excluding carboxylic acids is 1. The zero-order valence-electron chi connectivity index (χ0n) is 13.2. The van der Waals surface area contributed by atoms with Crippen molar-refractivity contribution in [1.29, 1.82) is 0 Å². The lowest BCUT2D eigenvalue weighted by Gasteiger charge is -2.35. The summed E-state index contributed by atoms with van der Waals surface area (Å²) in [4.78, 5) is 13.1. The highest BCUT2D eigenvalue weighted by Gasteiger charge is 2.52. The summed E-state index contributed by atoms with van der Waals surface area (Å²) in [5.74, 6) is 1.47. The van der Waals surface area contributed by atoms with Crippen LogP contribution >= 0.6 is 0 Å². The van der Waals surface area contributed by atoms with Gasteiger partial charge in [-0.25, -0.2) is 0 Å². The number of fused-ring (bicyclic) bond motifs is 3. The van der Waals surface area contributed by atoms with Crippen LogP contribution in [0.5, 0.6) is 5.75 Å². The summed E-state index contributed by atoms with van der Waals surface area (Å²) in [5, 5.41) is 0. The minimum absolute atomic E-state index is 0.203. The molecule has 2 aliphatic carbocycles. The molecule has 0 saturated heterocycles. The predicted molar refractivity (Wildman–Crippen MR) is 85.1 cm³/mol. The van der Waals surface area contributed by atoms with Gasteiger partial charge >= 0.3 is 0 Å². The van der Waals surface area contributed by atoms with Crippen LogP contribution in [0.4, 0.5) is 0 Å². The van der Waals surface area contributed by atoms with Gasteiger partial charge in [-0.05, 0) is 49.8 Å². The molecular weight excluding hydrogens is 260 g/mol. The van der Waals surface area contributed by atoms with Gasteiger partial charge in [0.15, 0.2) is 5.78 Å². The summed E-state index contributed by atoms with van der Waals surface area (Å²) < 4.78 is 5.86. The summed E-state index contributed by atoms with van der Waals surface area (Å²) in [7, 11) is 0. The Hall–Kier alpha value is -1.57. The number of carbonyl (C=O) groups is 1. The monoisotopic (exact) mass is 284 g/mol. The lowest BCUT2D eigenvalue weighted by atomic mass is 9.67. The fourth-order valence-electron chi connectivity index (χ4n) is 4.10. The van der Waals surface area contributed by atoms with E-state index < -0.39 is 0 Å². The van der Waals surface area contributed by atoms with Crippen molar-refractivity contribution in [2.24, 2.45) is 5.41 Å². The summed E-state index contributed by atoms with van der Waals surface area (Å²) in [6, 6.07) is 4.08. The molecule has 0 N–H and O–H groups in total. The number of allylic oxidation sites excluding steroid dienone is 1. The van der Waals surface area contributed by atoms with Crippen molar-refractivity contribution < 1.29 is 9.53 Å². The maximum atomic E-state index is 13.1. The van der Waals surface area contributed by atoms with Gasteiger partial charge in [0, 0.05) is 5.41 Å². The molecule has 0 aliphatic heterocycles. The fourth-order valence-corrected chi connectivity index (χ4v) is 4.10. The quantitative estimate of drug-likeness (QED) is 0.744. The van der Waals surface area contributed by atoms with Crippen molar-refractivity contribution in [2.75, 3.05) is 6.61 Å². The smallest absolute Gasteiger partial charge is 0.173 e. The van der Waals surface area contributed by atoms with Crippen molar-refractivity contribution in [1.82, 2.24) is 0 Å². The molecule has 112 valence electrons. The molecule has 1 fully saturated rings. The molecular formula is C19H24O2. The fraction of sp³-hybridized carbons (Fsp3) is 0.526. The van der Waals surface area contributed by atoms with Crippen molar-refractivity contribution in [3.8, 4) is 5.75 Å². The number of hydrogen-bond donors (Lipinski definition) is 0. The normalized spacial score (nSPS) is 27.8. The zero-order valence-corrected chi connectivity index (χ0v) is 13.2. The van der Waals surface area contributed by atoms with E-state index in [9.17, 15) is 4.79 Å². The van der Waals surface area contributed by atoms with Crippen LogP contribution in [0.3, 0.4) is 0 Å². The average Bonchev–Trinajstić information content (AvgIpc) is 2.72. The van der Waals surface area contributed by atoms with Crippen LogP contribution in [0.25, 0.3) is 0 Å². The Bertz CT molecular complexity index is 600. The summed E-state index contributed by atoms with van der Waals surface area (Å²) in [6.07, 6.45) is 8.49. The number of Topliss-reactive ketones (excluding diaryl/α,β-unsaturated/α-hetero) is 1. The van der Waals surface area contributed by atoms with Crippen LogP contribution in [-0.4, -0.2) is 12.4 Å². The van der Waals surface area contributed by atoms with Crippen LogP contribution in [0.15, 0.2) is 24.3 Å². The molecule has 2 nitrogen and oxygen atoms in total. The van der Waals surface area contributed by atoms with Crippen molar-refractivity contribution in [3.63, 3.8) is 0 Å².